The fourth-order valence-corrected chi connectivity index (χ4v) is 2.19. The predicted molar refractivity (Wildman–Crippen MR) is 56.6 cm³/mol. The van der Waals surface area contributed by atoms with Gasteiger partial charge in [-0.05, 0) is 36.9 Å². The molecule has 0 fully saturated rings. The highest BCUT2D eigenvalue weighted by Gasteiger charge is 2.15. The molecule has 1 atom stereocenters. The summed E-state index contributed by atoms with van der Waals surface area (Å²) in [5, 5.41) is 12.0. The number of aliphatic hydroxyl groups is 1. The fraction of sp³-hybridized carbons (Fsp3) is 0.273. The van der Waals surface area contributed by atoms with Crippen molar-refractivity contribution in [2.75, 3.05) is 0 Å². The first-order valence-corrected chi connectivity index (χ1v) is 5.33. The van der Waals surface area contributed by atoms with Crippen LogP contribution in [0.15, 0.2) is 28.2 Å². The lowest BCUT2D eigenvalue weighted by atomic mass is 10.1. The largest absolute Gasteiger partial charge is 0.469 e. The van der Waals surface area contributed by atoms with E-state index in [0.717, 1.165) is 16.9 Å². The lowest BCUT2D eigenvalue weighted by Gasteiger charge is -2.06. The number of thiophene rings is 1. The third-order valence-electron chi connectivity index (χ3n) is 2.26. The second kappa shape index (κ2) is 3.59. The third kappa shape index (κ3) is 1.61. The van der Waals surface area contributed by atoms with Crippen molar-refractivity contribution in [1.29, 1.82) is 0 Å². The molecule has 0 aromatic carbocycles. The summed E-state index contributed by atoms with van der Waals surface area (Å²) in [7, 11) is 0. The number of hydrogen-bond acceptors (Lipinski definition) is 3. The molecular formula is C11H12O2S. The lowest BCUT2D eigenvalue weighted by molar-refractivity contribution is 0.218. The van der Waals surface area contributed by atoms with Gasteiger partial charge in [-0.2, -0.15) is 0 Å². The summed E-state index contributed by atoms with van der Waals surface area (Å²) >= 11 is 1.65. The Kier molecular flexibility index (Phi) is 2.44. The van der Waals surface area contributed by atoms with Crippen LogP contribution in [-0.2, 0) is 0 Å². The van der Waals surface area contributed by atoms with Crippen molar-refractivity contribution in [3.8, 4) is 0 Å². The zero-order chi connectivity index (χ0) is 10.1. The maximum atomic E-state index is 10.0. The molecule has 0 saturated heterocycles. The van der Waals surface area contributed by atoms with Crippen molar-refractivity contribution in [3.05, 3.63) is 45.5 Å². The molecule has 2 aromatic heterocycles. The van der Waals surface area contributed by atoms with Gasteiger partial charge < -0.3 is 9.52 Å². The van der Waals surface area contributed by atoms with Crippen LogP contribution in [0.5, 0.6) is 0 Å². The first kappa shape index (κ1) is 9.49. The van der Waals surface area contributed by atoms with Gasteiger partial charge in [0.2, 0.25) is 0 Å². The molecule has 0 aliphatic rings. The van der Waals surface area contributed by atoms with E-state index in [1.165, 1.54) is 4.88 Å². The molecule has 2 rings (SSSR count). The van der Waals surface area contributed by atoms with E-state index in [-0.39, 0.29) is 0 Å². The van der Waals surface area contributed by atoms with Crippen molar-refractivity contribution in [2.24, 2.45) is 0 Å². The van der Waals surface area contributed by atoms with E-state index in [4.69, 9.17) is 4.42 Å². The Morgan fingerprint density at radius 3 is 2.71 bits per heavy atom. The molecule has 0 amide bonds. The van der Waals surface area contributed by atoms with Crippen LogP contribution in [0.2, 0.25) is 0 Å². The molecule has 0 aliphatic heterocycles. The molecule has 3 heteroatoms. The number of hydrogen-bond donors (Lipinski definition) is 1. The van der Waals surface area contributed by atoms with Gasteiger partial charge >= 0.3 is 0 Å². The van der Waals surface area contributed by atoms with Gasteiger partial charge in [0, 0.05) is 10.4 Å². The Balaban J connectivity index is 2.33. The summed E-state index contributed by atoms with van der Waals surface area (Å²) in [6.07, 6.45) is 1.05. The Labute approximate surface area is 86.8 Å². The van der Waals surface area contributed by atoms with Crippen molar-refractivity contribution >= 4 is 11.3 Å². The quantitative estimate of drug-likeness (QED) is 0.823. The van der Waals surface area contributed by atoms with Crippen LogP contribution in [0.3, 0.4) is 0 Å². The summed E-state index contributed by atoms with van der Waals surface area (Å²) < 4.78 is 5.16. The van der Waals surface area contributed by atoms with Gasteiger partial charge in [-0.15, -0.1) is 11.3 Å². The average molecular weight is 208 g/mol. The third-order valence-corrected chi connectivity index (χ3v) is 3.14. The first-order chi connectivity index (χ1) is 6.68. The van der Waals surface area contributed by atoms with Crippen LogP contribution < -0.4 is 0 Å². The molecule has 0 aliphatic carbocycles. The number of aryl methyl sites for hydroxylation is 2. The number of aliphatic hydroxyl groups excluding tert-OH is 1. The van der Waals surface area contributed by atoms with E-state index in [2.05, 4.69) is 0 Å². The first-order valence-electron chi connectivity index (χ1n) is 4.45. The summed E-state index contributed by atoms with van der Waals surface area (Å²) in [5.41, 5.74) is 1.79. The minimum absolute atomic E-state index is 0.557. The van der Waals surface area contributed by atoms with Crippen molar-refractivity contribution in [2.45, 2.75) is 20.0 Å². The van der Waals surface area contributed by atoms with E-state index >= 15 is 0 Å². The van der Waals surface area contributed by atoms with Crippen LogP contribution in [0, 0.1) is 13.8 Å². The number of furan rings is 1. The van der Waals surface area contributed by atoms with E-state index in [0.29, 0.717) is 0 Å². The predicted octanol–water partition coefficient (Wildman–Crippen LogP) is 3.04. The van der Waals surface area contributed by atoms with Gasteiger partial charge in [0.15, 0.2) is 0 Å². The molecule has 0 saturated carbocycles. The highest BCUT2D eigenvalue weighted by molar-refractivity contribution is 7.10. The standard InChI is InChI=1S/C11H12O2S/c1-7-5-9(6-14-7)11(12)10-3-4-13-8(10)2/h3-6,11-12H,1-2H3. The minimum atomic E-state index is -0.557. The Bertz CT molecular complexity index is 428. The zero-order valence-corrected chi connectivity index (χ0v) is 8.97. The van der Waals surface area contributed by atoms with E-state index in [9.17, 15) is 5.11 Å². The molecule has 2 aromatic rings. The second-order valence-electron chi connectivity index (χ2n) is 3.33. The summed E-state index contributed by atoms with van der Waals surface area (Å²) in [6.45, 7) is 3.89. The highest BCUT2D eigenvalue weighted by Crippen LogP contribution is 2.28. The molecular weight excluding hydrogens is 196 g/mol. The van der Waals surface area contributed by atoms with Crippen LogP contribution >= 0.6 is 11.3 Å². The van der Waals surface area contributed by atoms with Crippen molar-refractivity contribution in [3.63, 3.8) is 0 Å². The van der Waals surface area contributed by atoms with Gasteiger partial charge in [-0.3, -0.25) is 0 Å². The maximum absolute atomic E-state index is 10.0. The highest BCUT2D eigenvalue weighted by atomic mass is 32.1. The fourth-order valence-electron chi connectivity index (χ4n) is 1.47. The Morgan fingerprint density at radius 1 is 1.43 bits per heavy atom. The van der Waals surface area contributed by atoms with Gasteiger partial charge in [-0.25, -0.2) is 0 Å². The topological polar surface area (TPSA) is 33.4 Å². The normalized spacial score (nSPS) is 13.1. The van der Waals surface area contributed by atoms with Gasteiger partial charge in [-0.1, -0.05) is 0 Å². The molecule has 2 heterocycles. The van der Waals surface area contributed by atoms with Gasteiger partial charge in [0.25, 0.3) is 0 Å². The minimum Gasteiger partial charge on any atom is -0.469 e. The maximum Gasteiger partial charge on any atom is 0.108 e. The molecule has 2 nitrogen and oxygen atoms in total. The van der Waals surface area contributed by atoms with Gasteiger partial charge in [0.1, 0.15) is 11.9 Å². The monoisotopic (exact) mass is 208 g/mol. The molecule has 0 bridgehead atoms. The van der Waals surface area contributed by atoms with Crippen molar-refractivity contribution < 1.29 is 9.52 Å². The van der Waals surface area contributed by atoms with Crippen LogP contribution in [0.1, 0.15) is 27.9 Å². The molecule has 0 radical (unpaired) electrons. The van der Waals surface area contributed by atoms with E-state index < -0.39 is 6.10 Å². The molecule has 1 unspecified atom stereocenters. The molecule has 1 N–H and O–H groups in total. The molecule has 74 valence electrons. The Morgan fingerprint density at radius 2 is 2.21 bits per heavy atom. The lowest BCUT2D eigenvalue weighted by Crippen LogP contribution is -1.97. The molecule has 0 spiro atoms. The summed E-state index contributed by atoms with van der Waals surface area (Å²) in [6, 6.07) is 3.81. The molecule has 14 heavy (non-hydrogen) atoms. The average Bonchev–Trinajstić information content (AvgIpc) is 2.73. The Hall–Kier alpha value is -1.06. The van der Waals surface area contributed by atoms with E-state index in [1.807, 2.05) is 31.4 Å². The summed E-state index contributed by atoms with van der Waals surface area (Å²) in [5.74, 6) is 0.779. The van der Waals surface area contributed by atoms with E-state index in [1.54, 1.807) is 17.6 Å². The van der Waals surface area contributed by atoms with Crippen LogP contribution in [0.4, 0.5) is 0 Å². The summed E-state index contributed by atoms with van der Waals surface area (Å²) in [4.78, 5) is 1.21. The van der Waals surface area contributed by atoms with Crippen LogP contribution in [0.25, 0.3) is 0 Å². The van der Waals surface area contributed by atoms with Crippen molar-refractivity contribution in [1.82, 2.24) is 0 Å². The zero-order valence-electron chi connectivity index (χ0n) is 8.15. The number of rotatable bonds is 2. The smallest absolute Gasteiger partial charge is 0.108 e. The van der Waals surface area contributed by atoms with Gasteiger partial charge in [0.05, 0.1) is 6.26 Å². The van der Waals surface area contributed by atoms with Crippen LogP contribution in [-0.4, -0.2) is 5.11 Å². The SMILES string of the molecule is Cc1cc(C(O)c2ccoc2C)cs1. The second-order valence-corrected chi connectivity index (χ2v) is 4.44.